The highest BCUT2D eigenvalue weighted by atomic mass is 16.4. The number of carbonyl (C=O) groups is 1. The molecule has 2 heterocycles. The second-order valence-corrected chi connectivity index (χ2v) is 4.21. The van der Waals surface area contributed by atoms with E-state index in [1.54, 1.807) is 4.52 Å². The van der Waals surface area contributed by atoms with Crippen LogP contribution in [0.2, 0.25) is 0 Å². The first-order valence-electron chi connectivity index (χ1n) is 5.53. The van der Waals surface area contributed by atoms with Crippen LogP contribution in [0, 0.1) is 0 Å². The molecular weight excluding hydrogens is 222 g/mol. The molecule has 3 rings (SSSR count). The molecule has 88 valence electrons. The van der Waals surface area contributed by atoms with Gasteiger partial charge in [-0.3, -0.25) is 4.79 Å². The molecule has 0 atom stereocenters. The largest absolute Gasteiger partial charge is 0.477 e. The Hall–Kier alpha value is -2.11. The van der Waals surface area contributed by atoms with Crippen LogP contribution in [0.4, 0.5) is 0 Å². The average Bonchev–Trinajstić information content (AvgIpc) is 2.73. The molecule has 0 saturated carbocycles. The standard InChI is InChI=1S/C11H11N3O3/c15-10-6-3-1-2-4-8(6)14-9(13-10)7(5-12-14)11(16)17/h5H,1-4H2,(H,13,15)(H,16,17). The van der Waals surface area contributed by atoms with Gasteiger partial charge in [-0.1, -0.05) is 0 Å². The Morgan fingerprint density at radius 3 is 2.94 bits per heavy atom. The number of aryl methyl sites for hydroxylation is 1. The van der Waals surface area contributed by atoms with Crippen molar-refractivity contribution in [2.75, 3.05) is 0 Å². The van der Waals surface area contributed by atoms with Gasteiger partial charge in [0.25, 0.3) is 5.56 Å². The van der Waals surface area contributed by atoms with Gasteiger partial charge in [0.05, 0.1) is 11.9 Å². The second-order valence-electron chi connectivity index (χ2n) is 4.21. The van der Waals surface area contributed by atoms with Gasteiger partial charge >= 0.3 is 5.97 Å². The lowest BCUT2D eigenvalue weighted by atomic mass is 9.97. The van der Waals surface area contributed by atoms with Crippen molar-refractivity contribution in [3.05, 3.63) is 33.4 Å². The van der Waals surface area contributed by atoms with E-state index in [2.05, 4.69) is 10.1 Å². The van der Waals surface area contributed by atoms with E-state index < -0.39 is 5.97 Å². The van der Waals surface area contributed by atoms with E-state index >= 15 is 0 Å². The van der Waals surface area contributed by atoms with E-state index in [-0.39, 0.29) is 16.8 Å². The Morgan fingerprint density at radius 2 is 2.18 bits per heavy atom. The lowest BCUT2D eigenvalue weighted by molar-refractivity contribution is 0.0698. The van der Waals surface area contributed by atoms with Crippen molar-refractivity contribution in [3.63, 3.8) is 0 Å². The zero-order valence-electron chi connectivity index (χ0n) is 9.06. The van der Waals surface area contributed by atoms with Gasteiger partial charge in [-0.2, -0.15) is 5.10 Å². The molecule has 0 aliphatic heterocycles. The number of hydrogen-bond donors (Lipinski definition) is 2. The SMILES string of the molecule is O=C(O)c1cnn2c3c(c(=O)[nH]c12)CCCC3. The van der Waals surface area contributed by atoms with Gasteiger partial charge in [-0.15, -0.1) is 0 Å². The Labute approximate surface area is 95.9 Å². The summed E-state index contributed by atoms with van der Waals surface area (Å²) < 4.78 is 1.55. The van der Waals surface area contributed by atoms with Crippen molar-refractivity contribution in [2.45, 2.75) is 25.7 Å². The van der Waals surface area contributed by atoms with Crippen LogP contribution in [0.3, 0.4) is 0 Å². The predicted octanol–water partition coefficient (Wildman–Crippen LogP) is 0.600. The van der Waals surface area contributed by atoms with Crippen molar-refractivity contribution in [2.24, 2.45) is 0 Å². The van der Waals surface area contributed by atoms with Gasteiger partial charge in [0.1, 0.15) is 5.56 Å². The molecule has 6 heteroatoms. The van der Waals surface area contributed by atoms with Gasteiger partial charge in [0.15, 0.2) is 5.65 Å². The first-order chi connectivity index (χ1) is 8.18. The molecule has 0 radical (unpaired) electrons. The highest BCUT2D eigenvalue weighted by Crippen LogP contribution is 2.19. The maximum atomic E-state index is 11.9. The Morgan fingerprint density at radius 1 is 1.41 bits per heavy atom. The zero-order chi connectivity index (χ0) is 12.0. The number of aromatic nitrogens is 3. The topological polar surface area (TPSA) is 87.5 Å². The predicted molar refractivity (Wildman–Crippen MR) is 59.4 cm³/mol. The molecular formula is C11H11N3O3. The van der Waals surface area contributed by atoms with Gasteiger partial charge in [-0.25, -0.2) is 9.31 Å². The number of carboxylic acids is 1. The first kappa shape index (κ1) is 10.1. The van der Waals surface area contributed by atoms with Gasteiger partial charge in [0, 0.05) is 5.56 Å². The fourth-order valence-corrected chi connectivity index (χ4v) is 2.38. The first-order valence-corrected chi connectivity index (χ1v) is 5.53. The molecule has 0 aromatic carbocycles. The van der Waals surface area contributed by atoms with Crippen LogP contribution < -0.4 is 5.56 Å². The van der Waals surface area contributed by atoms with E-state index in [1.165, 1.54) is 6.20 Å². The maximum Gasteiger partial charge on any atom is 0.341 e. The van der Waals surface area contributed by atoms with Crippen LogP contribution >= 0.6 is 0 Å². The molecule has 0 bridgehead atoms. The summed E-state index contributed by atoms with van der Waals surface area (Å²) in [5.74, 6) is -1.08. The van der Waals surface area contributed by atoms with E-state index in [4.69, 9.17) is 5.11 Å². The third kappa shape index (κ3) is 1.37. The van der Waals surface area contributed by atoms with Crippen LogP contribution in [0.5, 0.6) is 0 Å². The Balaban J connectivity index is 2.40. The third-order valence-electron chi connectivity index (χ3n) is 3.20. The van der Waals surface area contributed by atoms with E-state index in [0.29, 0.717) is 0 Å². The van der Waals surface area contributed by atoms with Gasteiger partial charge in [-0.05, 0) is 25.7 Å². The molecule has 1 aliphatic carbocycles. The number of carboxylic acid groups (broad SMARTS) is 1. The minimum Gasteiger partial charge on any atom is -0.477 e. The molecule has 2 N–H and O–H groups in total. The third-order valence-corrected chi connectivity index (χ3v) is 3.20. The quantitative estimate of drug-likeness (QED) is 0.755. The molecule has 6 nitrogen and oxygen atoms in total. The molecule has 1 aliphatic rings. The highest BCUT2D eigenvalue weighted by Gasteiger charge is 2.20. The second kappa shape index (κ2) is 3.44. The molecule has 0 amide bonds. The summed E-state index contributed by atoms with van der Waals surface area (Å²) in [7, 11) is 0. The number of nitrogens with one attached hydrogen (secondary N) is 1. The lowest BCUT2D eigenvalue weighted by Gasteiger charge is -2.15. The molecule has 0 saturated heterocycles. The normalized spacial score (nSPS) is 14.8. The van der Waals surface area contributed by atoms with Crippen LogP contribution in [0.25, 0.3) is 5.65 Å². The summed E-state index contributed by atoms with van der Waals surface area (Å²) >= 11 is 0. The fourth-order valence-electron chi connectivity index (χ4n) is 2.38. The van der Waals surface area contributed by atoms with E-state index in [0.717, 1.165) is 36.9 Å². The molecule has 17 heavy (non-hydrogen) atoms. The van der Waals surface area contributed by atoms with Crippen molar-refractivity contribution < 1.29 is 9.90 Å². The lowest BCUT2D eigenvalue weighted by Crippen LogP contribution is -2.23. The van der Waals surface area contributed by atoms with Crippen molar-refractivity contribution in [3.8, 4) is 0 Å². The number of fused-ring (bicyclic) bond motifs is 3. The summed E-state index contributed by atoms with van der Waals surface area (Å²) in [4.78, 5) is 25.5. The maximum absolute atomic E-state index is 11.9. The Bertz CT molecular complexity index is 668. The summed E-state index contributed by atoms with van der Waals surface area (Å²) in [6.45, 7) is 0. The van der Waals surface area contributed by atoms with E-state index in [1.807, 2.05) is 0 Å². The smallest absolute Gasteiger partial charge is 0.341 e. The number of rotatable bonds is 1. The average molecular weight is 233 g/mol. The highest BCUT2D eigenvalue weighted by molar-refractivity contribution is 5.94. The van der Waals surface area contributed by atoms with Crippen molar-refractivity contribution in [1.82, 2.24) is 14.6 Å². The number of hydrogen-bond acceptors (Lipinski definition) is 3. The summed E-state index contributed by atoms with van der Waals surface area (Å²) in [6.07, 6.45) is 4.80. The van der Waals surface area contributed by atoms with E-state index in [9.17, 15) is 9.59 Å². The van der Waals surface area contributed by atoms with Gasteiger partial charge in [0.2, 0.25) is 0 Å². The van der Waals surface area contributed by atoms with Crippen LogP contribution in [-0.2, 0) is 12.8 Å². The molecule has 2 aromatic heterocycles. The van der Waals surface area contributed by atoms with Crippen LogP contribution in [0.15, 0.2) is 11.0 Å². The molecule has 2 aromatic rings. The monoisotopic (exact) mass is 233 g/mol. The van der Waals surface area contributed by atoms with Crippen molar-refractivity contribution in [1.29, 1.82) is 0 Å². The molecule has 0 fully saturated rings. The number of aromatic carboxylic acids is 1. The van der Waals surface area contributed by atoms with Gasteiger partial charge < -0.3 is 10.1 Å². The number of H-pyrrole nitrogens is 1. The number of aromatic amines is 1. The minimum absolute atomic E-state index is 0.0375. The summed E-state index contributed by atoms with van der Waals surface area (Å²) in [5.41, 5.74) is 1.72. The zero-order valence-corrected chi connectivity index (χ0v) is 9.06. The van der Waals surface area contributed by atoms with Crippen LogP contribution in [0.1, 0.15) is 34.5 Å². The molecule has 0 spiro atoms. The van der Waals surface area contributed by atoms with Crippen LogP contribution in [-0.4, -0.2) is 25.7 Å². The number of nitrogens with zero attached hydrogens (tertiary/aromatic N) is 2. The summed E-state index contributed by atoms with van der Waals surface area (Å²) in [5, 5.41) is 13.1. The van der Waals surface area contributed by atoms with Crippen molar-refractivity contribution >= 4 is 11.6 Å². The minimum atomic E-state index is -1.08. The Kier molecular flexibility index (Phi) is 2.04. The summed E-state index contributed by atoms with van der Waals surface area (Å²) in [6, 6.07) is 0. The molecule has 0 unspecified atom stereocenters. The fraction of sp³-hybridized carbons (Fsp3) is 0.364.